The topological polar surface area (TPSA) is 69.6 Å². The highest BCUT2D eigenvalue weighted by Crippen LogP contribution is 2.31. The number of nitrogens with two attached hydrogens (primary N) is 1. The van der Waals surface area contributed by atoms with Gasteiger partial charge in [0.1, 0.15) is 5.82 Å². The highest BCUT2D eigenvalue weighted by molar-refractivity contribution is 5.63. The molecule has 6 heteroatoms. The number of tetrazole rings is 1. The van der Waals surface area contributed by atoms with Gasteiger partial charge in [0.2, 0.25) is 0 Å². The predicted octanol–water partition coefficient (Wildman–Crippen LogP) is 2.91. The maximum absolute atomic E-state index is 14.4. The monoisotopic (exact) mass is 277 g/mol. The summed E-state index contributed by atoms with van der Waals surface area (Å²) in [6.07, 6.45) is 1.70. The Balaban J connectivity index is 2.64. The van der Waals surface area contributed by atoms with E-state index in [1.807, 2.05) is 0 Å². The molecule has 5 nitrogen and oxygen atoms in total. The molecule has 108 valence electrons. The standard InChI is InChI=1S/C14H20FN5/c1-5-14(4,6-2)20-13(17-18-19-20)11-8-10(16)7-9(3)12(11)15/h7-8H,5-6,16H2,1-4H3. The summed E-state index contributed by atoms with van der Waals surface area (Å²) in [5.74, 6) is 0.0916. The molecule has 2 N–H and O–H groups in total. The van der Waals surface area contributed by atoms with Gasteiger partial charge >= 0.3 is 0 Å². The molecule has 0 amide bonds. The minimum atomic E-state index is -0.329. The van der Waals surface area contributed by atoms with E-state index in [2.05, 4.69) is 36.3 Å². The van der Waals surface area contributed by atoms with E-state index in [1.165, 1.54) is 0 Å². The molecular formula is C14H20FN5. The molecule has 0 atom stereocenters. The average molecular weight is 277 g/mol. The van der Waals surface area contributed by atoms with Gasteiger partial charge in [-0.05, 0) is 54.8 Å². The van der Waals surface area contributed by atoms with Gasteiger partial charge in [0.25, 0.3) is 0 Å². The SMILES string of the molecule is CCC(C)(CC)n1nnnc1-c1cc(N)cc(C)c1F. The first-order valence-corrected chi connectivity index (χ1v) is 6.77. The number of nitrogen functional groups attached to an aromatic ring is 1. The Bertz CT molecular complexity index is 616. The van der Waals surface area contributed by atoms with Crippen molar-refractivity contribution < 1.29 is 4.39 Å². The van der Waals surface area contributed by atoms with Crippen molar-refractivity contribution >= 4 is 5.69 Å². The number of anilines is 1. The van der Waals surface area contributed by atoms with Crippen LogP contribution in [0.1, 0.15) is 39.2 Å². The van der Waals surface area contributed by atoms with Crippen molar-refractivity contribution in [2.45, 2.75) is 46.1 Å². The first-order chi connectivity index (χ1) is 9.42. The molecule has 2 aromatic rings. The highest BCUT2D eigenvalue weighted by Gasteiger charge is 2.28. The lowest BCUT2D eigenvalue weighted by molar-refractivity contribution is 0.262. The first-order valence-electron chi connectivity index (χ1n) is 6.77. The Morgan fingerprint density at radius 2 is 1.95 bits per heavy atom. The molecule has 0 saturated carbocycles. The molecule has 2 rings (SSSR count). The fourth-order valence-electron chi connectivity index (χ4n) is 2.23. The molecule has 0 aliphatic carbocycles. The maximum atomic E-state index is 14.4. The summed E-state index contributed by atoms with van der Waals surface area (Å²) in [4.78, 5) is 0. The van der Waals surface area contributed by atoms with Crippen molar-refractivity contribution in [3.8, 4) is 11.4 Å². The van der Waals surface area contributed by atoms with Gasteiger partial charge in [-0.25, -0.2) is 9.07 Å². The first kappa shape index (κ1) is 14.4. The number of benzene rings is 1. The largest absolute Gasteiger partial charge is 0.399 e. The quantitative estimate of drug-likeness (QED) is 0.872. The van der Waals surface area contributed by atoms with Crippen LogP contribution in [-0.2, 0) is 5.54 Å². The second kappa shape index (κ2) is 5.19. The van der Waals surface area contributed by atoms with Gasteiger partial charge < -0.3 is 5.73 Å². The summed E-state index contributed by atoms with van der Waals surface area (Å²) >= 11 is 0. The zero-order valence-electron chi connectivity index (χ0n) is 12.3. The summed E-state index contributed by atoms with van der Waals surface area (Å²) < 4.78 is 16.1. The third-order valence-corrected chi connectivity index (χ3v) is 4.02. The fraction of sp³-hybridized carbons (Fsp3) is 0.500. The van der Waals surface area contributed by atoms with Gasteiger partial charge in [-0.2, -0.15) is 0 Å². The van der Waals surface area contributed by atoms with E-state index in [1.54, 1.807) is 23.7 Å². The van der Waals surface area contributed by atoms with Crippen LogP contribution in [0.2, 0.25) is 0 Å². The van der Waals surface area contributed by atoms with Crippen molar-refractivity contribution in [2.24, 2.45) is 0 Å². The summed E-state index contributed by atoms with van der Waals surface area (Å²) in [7, 11) is 0. The van der Waals surface area contributed by atoms with E-state index in [9.17, 15) is 4.39 Å². The van der Waals surface area contributed by atoms with Crippen molar-refractivity contribution in [3.63, 3.8) is 0 Å². The van der Waals surface area contributed by atoms with Crippen LogP contribution in [-0.4, -0.2) is 20.2 Å². The molecule has 0 spiro atoms. The Hall–Kier alpha value is -1.98. The molecule has 0 aliphatic heterocycles. The van der Waals surface area contributed by atoms with Gasteiger partial charge in [0.05, 0.1) is 11.1 Å². The average Bonchev–Trinajstić information content (AvgIpc) is 2.91. The number of aromatic nitrogens is 4. The van der Waals surface area contributed by atoms with Crippen molar-refractivity contribution in [3.05, 3.63) is 23.5 Å². The molecular weight excluding hydrogens is 257 g/mol. The fourth-order valence-corrected chi connectivity index (χ4v) is 2.23. The minimum absolute atomic E-state index is 0.246. The number of hydrogen-bond acceptors (Lipinski definition) is 4. The van der Waals surface area contributed by atoms with Crippen LogP contribution in [0.3, 0.4) is 0 Å². The van der Waals surface area contributed by atoms with Crippen molar-refractivity contribution in [1.82, 2.24) is 20.2 Å². The van der Waals surface area contributed by atoms with E-state index in [4.69, 9.17) is 5.73 Å². The van der Waals surface area contributed by atoms with Crippen LogP contribution in [0.5, 0.6) is 0 Å². The second-order valence-corrected chi connectivity index (χ2v) is 5.32. The van der Waals surface area contributed by atoms with E-state index < -0.39 is 0 Å². The van der Waals surface area contributed by atoms with Crippen molar-refractivity contribution in [1.29, 1.82) is 0 Å². The third kappa shape index (κ3) is 2.26. The molecule has 0 saturated heterocycles. The van der Waals surface area contributed by atoms with Crippen LogP contribution in [0, 0.1) is 12.7 Å². The van der Waals surface area contributed by atoms with Crippen LogP contribution in [0.25, 0.3) is 11.4 Å². The zero-order valence-corrected chi connectivity index (χ0v) is 12.3. The lowest BCUT2D eigenvalue weighted by atomic mass is 9.95. The summed E-state index contributed by atoms with van der Waals surface area (Å²) in [5.41, 5.74) is 6.91. The summed E-state index contributed by atoms with van der Waals surface area (Å²) in [6, 6.07) is 3.18. The lowest BCUT2D eigenvalue weighted by Gasteiger charge is -2.27. The van der Waals surface area contributed by atoms with E-state index in [0.717, 1.165) is 12.8 Å². The molecule has 20 heavy (non-hydrogen) atoms. The van der Waals surface area contributed by atoms with Crippen LogP contribution >= 0.6 is 0 Å². The molecule has 1 aromatic heterocycles. The number of halogens is 1. The second-order valence-electron chi connectivity index (χ2n) is 5.32. The van der Waals surface area contributed by atoms with Crippen LogP contribution in [0.15, 0.2) is 12.1 Å². The van der Waals surface area contributed by atoms with Gasteiger partial charge in [0, 0.05) is 5.69 Å². The molecule has 0 fully saturated rings. The smallest absolute Gasteiger partial charge is 0.185 e. The lowest BCUT2D eigenvalue weighted by Crippen LogP contribution is -2.30. The van der Waals surface area contributed by atoms with Gasteiger partial charge in [0.15, 0.2) is 5.82 Å². The molecule has 0 radical (unpaired) electrons. The maximum Gasteiger partial charge on any atom is 0.185 e. The summed E-state index contributed by atoms with van der Waals surface area (Å²) in [6.45, 7) is 7.87. The van der Waals surface area contributed by atoms with Crippen molar-refractivity contribution in [2.75, 3.05) is 5.73 Å². The summed E-state index contributed by atoms with van der Waals surface area (Å²) in [5, 5.41) is 11.8. The molecule has 1 aromatic carbocycles. The van der Waals surface area contributed by atoms with E-state index in [-0.39, 0.29) is 11.4 Å². The highest BCUT2D eigenvalue weighted by atomic mass is 19.1. The van der Waals surface area contributed by atoms with E-state index in [0.29, 0.717) is 22.6 Å². The minimum Gasteiger partial charge on any atom is -0.399 e. The van der Waals surface area contributed by atoms with Gasteiger partial charge in [-0.15, -0.1) is 5.10 Å². The Labute approximate surface area is 118 Å². The number of nitrogens with zero attached hydrogens (tertiary/aromatic N) is 4. The Kier molecular flexibility index (Phi) is 3.74. The predicted molar refractivity (Wildman–Crippen MR) is 76.6 cm³/mol. The number of rotatable bonds is 4. The number of aryl methyl sites for hydroxylation is 1. The molecule has 0 aliphatic rings. The molecule has 0 bridgehead atoms. The normalized spacial score (nSPS) is 11.8. The molecule has 1 heterocycles. The number of hydrogen-bond donors (Lipinski definition) is 1. The van der Waals surface area contributed by atoms with Gasteiger partial charge in [-0.3, -0.25) is 0 Å². The Morgan fingerprint density at radius 1 is 1.30 bits per heavy atom. The van der Waals surface area contributed by atoms with Gasteiger partial charge in [-0.1, -0.05) is 13.8 Å². The van der Waals surface area contributed by atoms with Crippen LogP contribution < -0.4 is 5.73 Å². The third-order valence-electron chi connectivity index (χ3n) is 4.02. The van der Waals surface area contributed by atoms with E-state index >= 15 is 0 Å². The Morgan fingerprint density at radius 3 is 2.55 bits per heavy atom. The van der Waals surface area contributed by atoms with Crippen LogP contribution in [0.4, 0.5) is 10.1 Å². The molecule has 0 unspecified atom stereocenters. The zero-order chi connectivity index (χ0) is 14.9.